The Hall–Kier alpha value is -3.80. The first-order valence-corrected chi connectivity index (χ1v) is 9.12. The molecule has 4 rings (SSSR count). The molecule has 2 heterocycles. The molecule has 1 amide bonds. The summed E-state index contributed by atoms with van der Waals surface area (Å²) in [7, 11) is 0. The molecule has 1 atom stereocenters. The molecule has 0 bridgehead atoms. The molecule has 0 spiro atoms. The van der Waals surface area contributed by atoms with E-state index in [4.69, 9.17) is 4.42 Å². The van der Waals surface area contributed by atoms with Crippen LogP contribution in [0.2, 0.25) is 0 Å². The fourth-order valence-electron chi connectivity index (χ4n) is 3.52. The van der Waals surface area contributed by atoms with Crippen molar-refractivity contribution in [2.45, 2.75) is 19.5 Å². The number of Topliss-reactive ketones (excluding diaryl/α,β-unsaturated/α-hetero) is 1. The van der Waals surface area contributed by atoms with Gasteiger partial charge in [-0.1, -0.05) is 42.0 Å². The number of phenolic OH excluding ortho intramolecular Hbond substituents is 1. The summed E-state index contributed by atoms with van der Waals surface area (Å²) in [6.45, 7) is 1.97. The first kappa shape index (κ1) is 18.6. The van der Waals surface area contributed by atoms with Crippen LogP contribution in [0, 0.1) is 6.92 Å². The second-order valence-corrected chi connectivity index (χ2v) is 6.97. The maximum Gasteiger partial charge on any atom is 0.296 e. The number of ketones is 1. The number of phenols is 1. The molecule has 0 aliphatic carbocycles. The third kappa shape index (κ3) is 3.40. The maximum atomic E-state index is 12.9. The number of furan rings is 1. The summed E-state index contributed by atoms with van der Waals surface area (Å²) in [5, 5.41) is 20.9. The molecule has 146 valence electrons. The Labute approximate surface area is 167 Å². The van der Waals surface area contributed by atoms with E-state index in [9.17, 15) is 19.8 Å². The normalized spacial score (nSPS) is 18.4. The number of nitrogens with zero attached hydrogens (tertiary/aromatic N) is 1. The van der Waals surface area contributed by atoms with Gasteiger partial charge in [0, 0.05) is 5.56 Å². The van der Waals surface area contributed by atoms with Gasteiger partial charge < -0.3 is 19.5 Å². The summed E-state index contributed by atoms with van der Waals surface area (Å²) in [5.41, 5.74) is 1.95. The third-order valence-electron chi connectivity index (χ3n) is 4.96. The first-order valence-electron chi connectivity index (χ1n) is 9.12. The number of hydrogen-bond donors (Lipinski definition) is 2. The van der Waals surface area contributed by atoms with Gasteiger partial charge in [-0.05, 0) is 36.8 Å². The molecule has 1 aliphatic heterocycles. The van der Waals surface area contributed by atoms with Crippen LogP contribution in [0.25, 0.3) is 5.76 Å². The zero-order valence-electron chi connectivity index (χ0n) is 15.7. The van der Waals surface area contributed by atoms with Gasteiger partial charge in [0.05, 0.1) is 24.4 Å². The predicted octanol–water partition coefficient (Wildman–Crippen LogP) is 3.92. The highest BCUT2D eigenvalue weighted by Crippen LogP contribution is 2.41. The minimum atomic E-state index is -0.853. The lowest BCUT2D eigenvalue weighted by Crippen LogP contribution is -2.29. The number of aliphatic hydroxyl groups excluding tert-OH is 1. The second-order valence-electron chi connectivity index (χ2n) is 6.97. The molecule has 0 radical (unpaired) electrons. The van der Waals surface area contributed by atoms with E-state index in [1.165, 1.54) is 23.3 Å². The molecule has 29 heavy (non-hydrogen) atoms. The Kier molecular flexibility index (Phi) is 4.68. The van der Waals surface area contributed by atoms with Gasteiger partial charge in [0.15, 0.2) is 0 Å². The van der Waals surface area contributed by atoms with Gasteiger partial charge in [-0.3, -0.25) is 9.59 Å². The first-order chi connectivity index (χ1) is 14.0. The average molecular weight is 389 g/mol. The molecule has 1 saturated heterocycles. The topological polar surface area (TPSA) is 91.0 Å². The summed E-state index contributed by atoms with van der Waals surface area (Å²) in [4.78, 5) is 27.1. The van der Waals surface area contributed by atoms with Crippen molar-refractivity contribution >= 4 is 17.4 Å². The van der Waals surface area contributed by atoms with E-state index in [1.807, 2.05) is 19.1 Å². The summed E-state index contributed by atoms with van der Waals surface area (Å²) in [6, 6.07) is 15.9. The number of aryl methyl sites for hydroxylation is 1. The van der Waals surface area contributed by atoms with Gasteiger partial charge in [0.25, 0.3) is 11.7 Å². The molecule has 6 heteroatoms. The van der Waals surface area contributed by atoms with Crippen LogP contribution < -0.4 is 0 Å². The van der Waals surface area contributed by atoms with Gasteiger partial charge in [0.2, 0.25) is 0 Å². The Balaban J connectivity index is 1.87. The minimum absolute atomic E-state index is 0.00132. The smallest absolute Gasteiger partial charge is 0.296 e. The van der Waals surface area contributed by atoms with E-state index >= 15 is 0 Å². The van der Waals surface area contributed by atoms with Crippen molar-refractivity contribution in [3.63, 3.8) is 0 Å². The van der Waals surface area contributed by atoms with Crippen molar-refractivity contribution in [2.75, 3.05) is 0 Å². The predicted molar refractivity (Wildman–Crippen MR) is 106 cm³/mol. The molecule has 0 saturated carbocycles. The number of carbonyl (C=O) groups is 2. The van der Waals surface area contributed by atoms with Crippen molar-refractivity contribution in [1.82, 2.24) is 4.90 Å². The summed E-state index contributed by atoms with van der Waals surface area (Å²) >= 11 is 0. The van der Waals surface area contributed by atoms with Crippen LogP contribution in [0.3, 0.4) is 0 Å². The number of carbonyl (C=O) groups excluding carboxylic acids is 2. The number of aromatic hydroxyl groups is 1. The number of amides is 1. The molecule has 3 aromatic rings. The van der Waals surface area contributed by atoms with Crippen LogP contribution in [0.4, 0.5) is 0 Å². The molecule has 1 fully saturated rings. The minimum Gasteiger partial charge on any atom is -0.508 e. The second kappa shape index (κ2) is 7.31. The Morgan fingerprint density at radius 1 is 1.07 bits per heavy atom. The van der Waals surface area contributed by atoms with Crippen LogP contribution >= 0.6 is 0 Å². The van der Waals surface area contributed by atoms with Gasteiger partial charge in [-0.15, -0.1) is 0 Å². The summed E-state index contributed by atoms with van der Waals surface area (Å²) in [6.07, 6.45) is 1.49. The van der Waals surface area contributed by atoms with Crippen LogP contribution in [-0.2, 0) is 16.1 Å². The fourth-order valence-corrected chi connectivity index (χ4v) is 3.52. The zero-order valence-corrected chi connectivity index (χ0v) is 15.7. The quantitative estimate of drug-likeness (QED) is 0.401. The van der Waals surface area contributed by atoms with Crippen molar-refractivity contribution in [3.05, 3.63) is 95.0 Å². The number of aliphatic hydroxyl groups is 1. The number of likely N-dealkylation sites (tertiary alicyclic amines) is 1. The highest BCUT2D eigenvalue weighted by Gasteiger charge is 2.46. The highest BCUT2D eigenvalue weighted by atomic mass is 16.3. The van der Waals surface area contributed by atoms with Crippen molar-refractivity contribution in [3.8, 4) is 5.75 Å². The van der Waals surface area contributed by atoms with Crippen molar-refractivity contribution in [2.24, 2.45) is 0 Å². The molecular weight excluding hydrogens is 370 g/mol. The van der Waals surface area contributed by atoms with Crippen molar-refractivity contribution in [1.29, 1.82) is 0 Å². The molecular formula is C23H19NO5. The largest absolute Gasteiger partial charge is 0.508 e. The lowest BCUT2D eigenvalue weighted by Gasteiger charge is -2.24. The number of hydrogen-bond acceptors (Lipinski definition) is 5. The molecule has 6 nitrogen and oxygen atoms in total. The van der Waals surface area contributed by atoms with E-state index in [-0.39, 0.29) is 23.6 Å². The lowest BCUT2D eigenvalue weighted by molar-refractivity contribution is -0.140. The van der Waals surface area contributed by atoms with E-state index < -0.39 is 17.7 Å². The molecule has 2 aromatic carbocycles. The monoisotopic (exact) mass is 389 g/mol. The number of benzene rings is 2. The van der Waals surface area contributed by atoms with E-state index in [0.717, 1.165) is 5.56 Å². The summed E-state index contributed by atoms with van der Waals surface area (Å²) < 4.78 is 5.35. The number of rotatable bonds is 4. The third-order valence-corrected chi connectivity index (χ3v) is 4.96. The van der Waals surface area contributed by atoms with E-state index in [1.54, 1.807) is 36.4 Å². The van der Waals surface area contributed by atoms with E-state index in [2.05, 4.69) is 0 Å². The molecule has 2 N–H and O–H groups in total. The van der Waals surface area contributed by atoms with Gasteiger partial charge in [-0.25, -0.2) is 0 Å². The Morgan fingerprint density at radius 2 is 1.83 bits per heavy atom. The van der Waals surface area contributed by atoms with Crippen LogP contribution in [0.1, 0.15) is 28.5 Å². The highest BCUT2D eigenvalue weighted by molar-refractivity contribution is 6.46. The Bertz CT molecular complexity index is 1100. The van der Waals surface area contributed by atoms with Crippen molar-refractivity contribution < 1.29 is 24.2 Å². The molecule has 1 aromatic heterocycles. The van der Waals surface area contributed by atoms with Gasteiger partial charge >= 0.3 is 0 Å². The average Bonchev–Trinajstić information content (AvgIpc) is 3.30. The maximum absolute atomic E-state index is 12.9. The van der Waals surface area contributed by atoms with Gasteiger partial charge in [0.1, 0.15) is 17.3 Å². The molecule has 1 aliphatic rings. The standard InChI is InChI=1S/C23H19NO5/c1-14-7-9-15(10-8-14)21(26)19-20(16-4-2-5-17(25)12-16)24(23(28)22(19)27)13-18-6-3-11-29-18/h2-12,20,25-26H,13H2,1H3/t20-/m1/s1. The Morgan fingerprint density at radius 3 is 2.48 bits per heavy atom. The molecule has 0 unspecified atom stereocenters. The van der Waals surface area contributed by atoms with Crippen LogP contribution in [-0.4, -0.2) is 26.8 Å². The van der Waals surface area contributed by atoms with Crippen LogP contribution in [0.15, 0.2) is 76.9 Å². The summed E-state index contributed by atoms with van der Waals surface area (Å²) in [5.74, 6) is -1.25. The van der Waals surface area contributed by atoms with E-state index in [0.29, 0.717) is 16.9 Å². The van der Waals surface area contributed by atoms with Gasteiger partial charge in [-0.2, -0.15) is 0 Å². The lowest BCUT2D eigenvalue weighted by atomic mass is 9.95. The fraction of sp³-hybridized carbons (Fsp3) is 0.130. The van der Waals surface area contributed by atoms with Crippen LogP contribution in [0.5, 0.6) is 5.75 Å². The SMILES string of the molecule is Cc1ccc(C(O)=C2C(=O)C(=O)N(Cc3ccco3)[C@@H]2c2cccc(O)c2)cc1. The zero-order chi connectivity index (χ0) is 20.5.